The first kappa shape index (κ1) is 20.8. The van der Waals surface area contributed by atoms with Crippen LogP contribution in [0, 0.1) is 0 Å². The molecule has 0 aliphatic heterocycles. The highest BCUT2D eigenvalue weighted by atomic mass is 16.5. The second-order valence-electron chi connectivity index (χ2n) is 6.52. The lowest BCUT2D eigenvalue weighted by molar-refractivity contribution is -0.143. The number of hydrogen-bond acceptors (Lipinski definition) is 4. The minimum atomic E-state index is -0.599. The number of aromatic nitrogens is 2. The van der Waals surface area contributed by atoms with E-state index >= 15 is 0 Å². The van der Waals surface area contributed by atoms with Gasteiger partial charge in [0.05, 0.1) is 12.2 Å². The van der Waals surface area contributed by atoms with E-state index in [-0.39, 0.29) is 12.5 Å². The fraction of sp³-hybridized carbons (Fsp3) is 0.125. The van der Waals surface area contributed by atoms with Crippen LogP contribution in [0.2, 0.25) is 0 Å². The molecule has 0 aliphatic rings. The Morgan fingerprint density at radius 3 is 2.47 bits per heavy atom. The molecule has 0 saturated carbocycles. The zero-order chi connectivity index (χ0) is 21.2. The Morgan fingerprint density at radius 2 is 1.77 bits per heavy atom. The lowest BCUT2D eigenvalue weighted by Crippen LogP contribution is -2.28. The SMILES string of the molecule is C=CCNC(=O)COC(=O)/C=C/c1cn(Cc2ccccc2)nc1-c1ccccc1. The number of ether oxygens (including phenoxy) is 1. The van der Waals surface area contributed by atoms with Gasteiger partial charge in [-0.25, -0.2) is 4.79 Å². The van der Waals surface area contributed by atoms with Gasteiger partial charge in [0.25, 0.3) is 5.91 Å². The summed E-state index contributed by atoms with van der Waals surface area (Å²) in [6.07, 6.45) is 6.39. The van der Waals surface area contributed by atoms with Crippen LogP contribution in [0.3, 0.4) is 0 Å². The summed E-state index contributed by atoms with van der Waals surface area (Å²) in [5, 5.41) is 7.25. The lowest BCUT2D eigenvalue weighted by Gasteiger charge is -2.02. The van der Waals surface area contributed by atoms with Crippen LogP contribution >= 0.6 is 0 Å². The molecule has 0 aliphatic carbocycles. The van der Waals surface area contributed by atoms with Crippen LogP contribution in [0.25, 0.3) is 17.3 Å². The summed E-state index contributed by atoms with van der Waals surface area (Å²) in [5.41, 5.74) is 3.62. The van der Waals surface area contributed by atoms with Crippen LogP contribution in [0.4, 0.5) is 0 Å². The van der Waals surface area contributed by atoms with Gasteiger partial charge < -0.3 is 10.1 Å². The summed E-state index contributed by atoms with van der Waals surface area (Å²) in [4.78, 5) is 23.5. The molecule has 3 rings (SSSR count). The van der Waals surface area contributed by atoms with Crippen molar-refractivity contribution < 1.29 is 14.3 Å². The normalized spacial score (nSPS) is 10.7. The van der Waals surface area contributed by atoms with Gasteiger partial charge in [0.1, 0.15) is 0 Å². The molecule has 1 aromatic heterocycles. The number of hydrogen-bond donors (Lipinski definition) is 1. The van der Waals surface area contributed by atoms with Gasteiger partial charge in [-0.2, -0.15) is 5.10 Å². The van der Waals surface area contributed by atoms with E-state index in [1.807, 2.05) is 71.5 Å². The molecule has 0 radical (unpaired) electrons. The molecule has 0 atom stereocenters. The molecule has 1 heterocycles. The number of amides is 1. The van der Waals surface area contributed by atoms with Gasteiger partial charge in [0.15, 0.2) is 6.61 Å². The van der Waals surface area contributed by atoms with Gasteiger partial charge in [-0.15, -0.1) is 6.58 Å². The first-order chi connectivity index (χ1) is 14.7. The summed E-state index contributed by atoms with van der Waals surface area (Å²) in [6, 6.07) is 19.8. The predicted molar refractivity (Wildman–Crippen MR) is 116 cm³/mol. The zero-order valence-corrected chi connectivity index (χ0v) is 16.5. The van der Waals surface area contributed by atoms with E-state index in [1.54, 1.807) is 12.2 Å². The van der Waals surface area contributed by atoms with E-state index in [0.29, 0.717) is 13.1 Å². The van der Waals surface area contributed by atoms with E-state index < -0.39 is 5.97 Å². The van der Waals surface area contributed by atoms with Crippen molar-refractivity contribution in [2.24, 2.45) is 0 Å². The van der Waals surface area contributed by atoms with E-state index in [0.717, 1.165) is 22.4 Å². The maximum Gasteiger partial charge on any atom is 0.331 e. The quantitative estimate of drug-likeness (QED) is 0.339. The fourth-order valence-corrected chi connectivity index (χ4v) is 2.81. The van der Waals surface area contributed by atoms with E-state index in [9.17, 15) is 9.59 Å². The fourth-order valence-electron chi connectivity index (χ4n) is 2.81. The molecule has 30 heavy (non-hydrogen) atoms. The van der Waals surface area contributed by atoms with E-state index in [2.05, 4.69) is 11.9 Å². The standard InChI is InChI=1S/C24H23N3O3/c1-2-15-25-22(28)18-30-23(29)14-13-21-17-27(16-19-9-5-3-6-10-19)26-24(21)20-11-7-4-8-12-20/h2-14,17H,1,15-16,18H2,(H,25,28)/b14-13+. The number of rotatable bonds is 9. The van der Waals surface area contributed by atoms with Crippen molar-refractivity contribution in [3.05, 3.63) is 96.7 Å². The number of nitrogens with zero attached hydrogens (tertiary/aromatic N) is 2. The minimum Gasteiger partial charge on any atom is -0.452 e. The smallest absolute Gasteiger partial charge is 0.331 e. The number of carbonyl (C=O) groups excluding carboxylic acids is 2. The number of carbonyl (C=O) groups is 2. The molecule has 152 valence electrons. The third kappa shape index (κ3) is 6.04. The van der Waals surface area contributed by atoms with Crippen LogP contribution in [0.15, 0.2) is 85.6 Å². The Hall–Kier alpha value is -3.93. The molecule has 0 fully saturated rings. The van der Waals surface area contributed by atoms with Gasteiger partial charge >= 0.3 is 5.97 Å². The molecule has 6 nitrogen and oxygen atoms in total. The molecule has 1 amide bonds. The predicted octanol–water partition coefficient (Wildman–Crippen LogP) is 3.46. The number of benzene rings is 2. The Kier molecular flexibility index (Phi) is 7.33. The topological polar surface area (TPSA) is 73.2 Å². The second-order valence-corrected chi connectivity index (χ2v) is 6.52. The minimum absolute atomic E-state index is 0.327. The molecular formula is C24H23N3O3. The summed E-state index contributed by atoms with van der Waals surface area (Å²) < 4.78 is 6.81. The first-order valence-electron chi connectivity index (χ1n) is 9.55. The molecule has 0 saturated heterocycles. The largest absolute Gasteiger partial charge is 0.452 e. The van der Waals surface area contributed by atoms with Crippen molar-refractivity contribution >= 4 is 18.0 Å². The zero-order valence-electron chi connectivity index (χ0n) is 16.5. The van der Waals surface area contributed by atoms with Gasteiger partial charge in [0.2, 0.25) is 0 Å². The van der Waals surface area contributed by atoms with Crippen LogP contribution < -0.4 is 5.32 Å². The Bertz CT molecular complexity index is 1020. The van der Waals surface area contributed by atoms with Crippen molar-refractivity contribution in [3.63, 3.8) is 0 Å². The average molecular weight is 401 g/mol. The van der Waals surface area contributed by atoms with Crippen molar-refractivity contribution in [1.82, 2.24) is 15.1 Å². The molecule has 0 bridgehead atoms. The summed E-state index contributed by atoms with van der Waals surface area (Å²) in [6.45, 7) is 4.11. The van der Waals surface area contributed by atoms with Gasteiger partial charge in [-0.05, 0) is 11.6 Å². The average Bonchev–Trinajstić information content (AvgIpc) is 3.18. The second kappa shape index (κ2) is 10.6. The molecule has 3 aromatic rings. The Morgan fingerprint density at radius 1 is 1.07 bits per heavy atom. The highest BCUT2D eigenvalue weighted by Gasteiger charge is 2.11. The van der Waals surface area contributed by atoms with Crippen LogP contribution in [0.1, 0.15) is 11.1 Å². The van der Waals surface area contributed by atoms with Crippen LogP contribution in [0.5, 0.6) is 0 Å². The number of esters is 1. The highest BCUT2D eigenvalue weighted by molar-refractivity contribution is 5.90. The van der Waals surface area contributed by atoms with Crippen molar-refractivity contribution in [3.8, 4) is 11.3 Å². The highest BCUT2D eigenvalue weighted by Crippen LogP contribution is 2.23. The molecule has 0 unspecified atom stereocenters. The molecular weight excluding hydrogens is 378 g/mol. The molecule has 1 N–H and O–H groups in total. The van der Waals surface area contributed by atoms with E-state index in [4.69, 9.17) is 9.84 Å². The summed E-state index contributed by atoms with van der Waals surface area (Å²) >= 11 is 0. The van der Waals surface area contributed by atoms with Gasteiger partial charge in [-0.3, -0.25) is 9.48 Å². The Labute approximate surface area is 175 Å². The molecule has 2 aromatic carbocycles. The first-order valence-corrected chi connectivity index (χ1v) is 9.55. The maximum atomic E-state index is 12.0. The van der Waals surface area contributed by atoms with Crippen molar-refractivity contribution in [2.75, 3.05) is 13.2 Å². The molecule has 6 heteroatoms. The van der Waals surface area contributed by atoms with Gasteiger partial charge in [0, 0.05) is 29.9 Å². The van der Waals surface area contributed by atoms with Crippen molar-refractivity contribution in [1.29, 1.82) is 0 Å². The summed E-state index contributed by atoms with van der Waals surface area (Å²) in [7, 11) is 0. The summed E-state index contributed by atoms with van der Waals surface area (Å²) in [5.74, 6) is -0.976. The number of nitrogens with one attached hydrogen (secondary N) is 1. The third-order valence-corrected chi connectivity index (χ3v) is 4.21. The van der Waals surface area contributed by atoms with Crippen LogP contribution in [-0.4, -0.2) is 34.8 Å². The van der Waals surface area contributed by atoms with Gasteiger partial charge in [-0.1, -0.05) is 66.7 Å². The van der Waals surface area contributed by atoms with Crippen LogP contribution in [-0.2, 0) is 20.9 Å². The molecule has 0 spiro atoms. The van der Waals surface area contributed by atoms with Crippen molar-refractivity contribution in [2.45, 2.75) is 6.54 Å². The Balaban J connectivity index is 1.75. The lowest BCUT2D eigenvalue weighted by atomic mass is 10.1. The monoisotopic (exact) mass is 401 g/mol. The maximum absolute atomic E-state index is 12.0. The third-order valence-electron chi connectivity index (χ3n) is 4.21. The van der Waals surface area contributed by atoms with E-state index in [1.165, 1.54) is 6.08 Å².